The van der Waals surface area contributed by atoms with Crippen LogP contribution in [0.25, 0.3) is 0 Å². The Labute approximate surface area is 145 Å². The normalized spacial score (nSPS) is 23.3. The third-order valence-electron chi connectivity index (χ3n) is 4.64. The van der Waals surface area contributed by atoms with E-state index in [2.05, 4.69) is 22.0 Å². The number of morpholine rings is 1. The Morgan fingerprint density at radius 1 is 1.33 bits per heavy atom. The smallest absolute Gasteiger partial charge is 0.217 e. The number of aliphatic imine (C=N–C) groups is 1. The van der Waals surface area contributed by atoms with Crippen LogP contribution in [0, 0.1) is 5.92 Å². The molecule has 1 amide bonds. The van der Waals surface area contributed by atoms with E-state index in [9.17, 15) is 4.79 Å². The van der Waals surface area contributed by atoms with Crippen molar-refractivity contribution in [1.82, 2.24) is 15.1 Å². The van der Waals surface area contributed by atoms with E-state index in [0.29, 0.717) is 12.3 Å². The molecule has 3 N–H and O–H groups in total. The average Bonchev–Trinajstić information content (AvgIpc) is 2.58. The summed E-state index contributed by atoms with van der Waals surface area (Å²) in [6.07, 6.45) is 3.71. The van der Waals surface area contributed by atoms with Crippen molar-refractivity contribution in [3.05, 3.63) is 0 Å². The van der Waals surface area contributed by atoms with Crippen molar-refractivity contribution >= 4 is 11.9 Å². The first kappa shape index (κ1) is 19.0. The Kier molecular flexibility index (Phi) is 8.32. The number of likely N-dealkylation sites (tertiary alicyclic amines) is 1. The summed E-state index contributed by atoms with van der Waals surface area (Å²) in [6, 6.07) is 0. The highest BCUT2D eigenvalue weighted by atomic mass is 16.5. The number of hydrogen-bond acceptors (Lipinski definition) is 4. The number of ether oxygens (including phenoxy) is 1. The number of piperidine rings is 1. The van der Waals surface area contributed by atoms with Gasteiger partial charge < -0.3 is 20.7 Å². The number of rotatable bonds is 7. The first-order chi connectivity index (χ1) is 11.7. The standard InChI is InChI=1S/C17H33N5O2/c1-2-19-17(20-6-4-7-21-9-11-24-12-10-21)22-8-3-5-15(14-22)13-16(18)23/h15H,2-14H2,1H3,(H2,18,23)(H,19,20). The Morgan fingerprint density at radius 2 is 2.12 bits per heavy atom. The number of primary amides is 1. The van der Waals surface area contributed by atoms with Gasteiger partial charge in [-0.05, 0) is 32.1 Å². The quantitative estimate of drug-likeness (QED) is 0.395. The number of nitrogens with zero attached hydrogens (tertiary/aromatic N) is 3. The molecular formula is C17H33N5O2. The van der Waals surface area contributed by atoms with Crippen LogP contribution >= 0.6 is 0 Å². The molecule has 2 saturated heterocycles. The number of nitrogens with one attached hydrogen (secondary N) is 1. The molecule has 7 nitrogen and oxygen atoms in total. The van der Waals surface area contributed by atoms with E-state index in [1.165, 1.54) is 0 Å². The molecule has 2 fully saturated rings. The molecule has 0 spiro atoms. The maximum atomic E-state index is 11.2. The second kappa shape index (κ2) is 10.5. The minimum atomic E-state index is -0.200. The maximum absolute atomic E-state index is 11.2. The van der Waals surface area contributed by atoms with Crippen molar-refractivity contribution in [3.63, 3.8) is 0 Å². The Bertz CT molecular complexity index is 410. The number of amides is 1. The van der Waals surface area contributed by atoms with Crippen LogP contribution in [0.4, 0.5) is 0 Å². The van der Waals surface area contributed by atoms with Crippen LogP contribution < -0.4 is 11.1 Å². The fourth-order valence-corrected chi connectivity index (χ4v) is 3.44. The zero-order valence-electron chi connectivity index (χ0n) is 15.0. The van der Waals surface area contributed by atoms with Gasteiger partial charge in [-0.3, -0.25) is 14.7 Å². The molecule has 0 aromatic rings. The number of carbonyl (C=O) groups excluding carboxylic acids is 1. The van der Waals surface area contributed by atoms with Gasteiger partial charge in [-0.1, -0.05) is 0 Å². The zero-order valence-corrected chi connectivity index (χ0v) is 15.0. The third kappa shape index (κ3) is 6.65. The fourth-order valence-electron chi connectivity index (χ4n) is 3.44. The topological polar surface area (TPSA) is 83.2 Å². The van der Waals surface area contributed by atoms with Gasteiger partial charge in [0.25, 0.3) is 0 Å². The molecule has 2 aliphatic rings. The van der Waals surface area contributed by atoms with Crippen molar-refractivity contribution in [1.29, 1.82) is 0 Å². The van der Waals surface area contributed by atoms with E-state index in [1.807, 2.05) is 0 Å². The number of nitrogens with two attached hydrogens (primary N) is 1. The minimum absolute atomic E-state index is 0.200. The van der Waals surface area contributed by atoms with E-state index in [0.717, 1.165) is 84.2 Å². The molecule has 0 saturated carbocycles. The summed E-state index contributed by atoms with van der Waals surface area (Å²) in [5.41, 5.74) is 5.36. The predicted octanol–water partition coefficient (Wildman–Crippen LogP) is 0.262. The van der Waals surface area contributed by atoms with Gasteiger partial charge in [0, 0.05) is 52.2 Å². The summed E-state index contributed by atoms with van der Waals surface area (Å²) >= 11 is 0. The molecule has 2 heterocycles. The third-order valence-corrected chi connectivity index (χ3v) is 4.64. The highest BCUT2D eigenvalue weighted by Gasteiger charge is 2.23. The second-order valence-corrected chi connectivity index (χ2v) is 6.67. The van der Waals surface area contributed by atoms with Gasteiger partial charge in [-0.2, -0.15) is 0 Å². The molecule has 138 valence electrons. The molecule has 0 aliphatic carbocycles. The molecule has 24 heavy (non-hydrogen) atoms. The summed E-state index contributed by atoms with van der Waals surface area (Å²) in [7, 11) is 0. The van der Waals surface area contributed by atoms with Gasteiger partial charge in [0.15, 0.2) is 5.96 Å². The van der Waals surface area contributed by atoms with E-state index >= 15 is 0 Å². The summed E-state index contributed by atoms with van der Waals surface area (Å²) < 4.78 is 5.37. The van der Waals surface area contributed by atoms with Gasteiger partial charge in [0.05, 0.1) is 13.2 Å². The van der Waals surface area contributed by atoms with Crippen molar-refractivity contribution in [2.75, 3.05) is 59.0 Å². The molecule has 0 radical (unpaired) electrons. The summed E-state index contributed by atoms with van der Waals surface area (Å²) in [5, 5.41) is 3.39. The van der Waals surface area contributed by atoms with Gasteiger partial charge in [-0.15, -0.1) is 0 Å². The van der Waals surface area contributed by atoms with Crippen LogP contribution in [-0.2, 0) is 9.53 Å². The molecule has 7 heteroatoms. The lowest BCUT2D eigenvalue weighted by atomic mass is 9.95. The van der Waals surface area contributed by atoms with E-state index in [-0.39, 0.29) is 5.91 Å². The zero-order chi connectivity index (χ0) is 17.2. The van der Waals surface area contributed by atoms with Crippen LogP contribution in [-0.4, -0.2) is 80.7 Å². The largest absolute Gasteiger partial charge is 0.379 e. The van der Waals surface area contributed by atoms with Crippen LogP contribution in [0.3, 0.4) is 0 Å². The van der Waals surface area contributed by atoms with E-state index in [4.69, 9.17) is 15.5 Å². The van der Waals surface area contributed by atoms with Crippen molar-refractivity contribution < 1.29 is 9.53 Å². The first-order valence-electron chi connectivity index (χ1n) is 9.30. The van der Waals surface area contributed by atoms with Gasteiger partial charge >= 0.3 is 0 Å². The lowest BCUT2D eigenvalue weighted by Crippen LogP contribution is -2.47. The number of hydrogen-bond donors (Lipinski definition) is 2. The molecule has 1 unspecified atom stereocenters. The molecule has 2 rings (SSSR count). The molecule has 0 bridgehead atoms. The van der Waals surface area contributed by atoms with Crippen LogP contribution in [0.2, 0.25) is 0 Å². The first-order valence-corrected chi connectivity index (χ1v) is 9.30. The maximum Gasteiger partial charge on any atom is 0.217 e. The molecular weight excluding hydrogens is 306 g/mol. The fraction of sp³-hybridized carbons (Fsp3) is 0.882. The second-order valence-electron chi connectivity index (χ2n) is 6.67. The average molecular weight is 339 g/mol. The monoisotopic (exact) mass is 339 g/mol. The number of guanidine groups is 1. The molecule has 1 atom stereocenters. The Morgan fingerprint density at radius 3 is 2.83 bits per heavy atom. The highest BCUT2D eigenvalue weighted by molar-refractivity contribution is 5.80. The molecule has 0 aromatic heterocycles. The SMILES string of the molecule is CCNC(=NCCCN1CCOCC1)N1CCCC(CC(N)=O)C1. The number of carbonyl (C=O) groups is 1. The van der Waals surface area contributed by atoms with Crippen molar-refractivity contribution in [2.24, 2.45) is 16.6 Å². The summed E-state index contributed by atoms with van der Waals surface area (Å²) in [5.74, 6) is 1.14. The van der Waals surface area contributed by atoms with Crippen LogP contribution in [0.1, 0.15) is 32.6 Å². The lowest BCUT2D eigenvalue weighted by molar-refractivity contribution is -0.119. The highest BCUT2D eigenvalue weighted by Crippen LogP contribution is 2.19. The van der Waals surface area contributed by atoms with Gasteiger partial charge in [-0.25, -0.2) is 0 Å². The summed E-state index contributed by atoms with van der Waals surface area (Å²) in [4.78, 5) is 20.7. The Balaban J connectivity index is 1.79. The van der Waals surface area contributed by atoms with Crippen molar-refractivity contribution in [2.45, 2.75) is 32.6 Å². The van der Waals surface area contributed by atoms with E-state index in [1.54, 1.807) is 0 Å². The van der Waals surface area contributed by atoms with Gasteiger partial charge in [0.1, 0.15) is 0 Å². The lowest BCUT2D eigenvalue weighted by Gasteiger charge is -2.34. The Hall–Kier alpha value is -1.34. The predicted molar refractivity (Wildman–Crippen MR) is 96.0 cm³/mol. The van der Waals surface area contributed by atoms with Gasteiger partial charge in [0.2, 0.25) is 5.91 Å². The van der Waals surface area contributed by atoms with E-state index < -0.39 is 0 Å². The van der Waals surface area contributed by atoms with Crippen LogP contribution in [0.15, 0.2) is 4.99 Å². The van der Waals surface area contributed by atoms with Crippen LogP contribution in [0.5, 0.6) is 0 Å². The van der Waals surface area contributed by atoms with Crippen molar-refractivity contribution in [3.8, 4) is 0 Å². The minimum Gasteiger partial charge on any atom is -0.379 e. The molecule has 2 aliphatic heterocycles. The molecule has 0 aromatic carbocycles. The summed E-state index contributed by atoms with van der Waals surface area (Å²) in [6.45, 7) is 10.5.